The number of aliphatic hydroxyl groups is 2. The molecule has 0 bridgehead atoms. The number of hydrogen-bond acceptors (Lipinski definition) is 4. The van der Waals surface area contributed by atoms with Gasteiger partial charge in [0.2, 0.25) is 0 Å². The van der Waals surface area contributed by atoms with Gasteiger partial charge in [-0.25, -0.2) is 0 Å². The third kappa shape index (κ3) is 4.30. The lowest BCUT2D eigenvalue weighted by Gasteiger charge is -2.19. The van der Waals surface area contributed by atoms with Crippen LogP contribution in [0.25, 0.3) is 0 Å². The van der Waals surface area contributed by atoms with Crippen molar-refractivity contribution in [1.29, 1.82) is 0 Å². The highest BCUT2D eigenvalue weighted by molar-refractivity contribution is 14.0. The van der Waals surface area contributed by atoms with E-state index in [0.717, 1.165) is 13.2 Å². The van der Waals surface area contributed by atoms with Gasteiger partial charge < -0.3 is 20.0 Å². The van der Waals surface area contributed by atoms with Crippen LogP contribution in [0.5, 0.6) is 0 Å². The number of halogens is 1. The smallest absolute Gasteiger partial charge is 0.0935 e. The van der Waals surface area contributed by atoms with Crippen molar-refractivity contribution in [3.05, 3.63) is 25.2 Å². The first-order valence-corrected chi connectivity index (χ1v) is 4.36. The first-order chi connectivity index (χ1) is 6.26. The van der Waals surface area contributed by atoms with Gasteiger partial charge in [-0.1, -0.05) is 6.58 Å². The first-order valence-electron chi connectivity index (χ1n) is 4.36. The van der Waals surface area contributed by atoms with Crippen molar-refractivity contribution in [3.63, 3.8) is 0 Å². The topological polar surface area (TPSA) is 46.9 Å². The molecule has 0 saturated heterocycles. The van der Waals surface area contributed by atoms with E-state index in [4.69, 9.17) is 10.2 Å². The quantitative estimate of drug-likeness (QED) is 0.728. The molecule has 1 aliphatic heterocycles. The number of hydrogen-bond donors (Lipinski definition) is 2. The molecule has 1 atom stereocenters. The Balaban J connectivity index is 0.00000169. The molecule has 0 aromatic rings. The van der Waals surface area contributed by atoms with E-state index in [1.807, 2.05) is 17.3 Å². The van der Waals surface area contributed by atoms with Crippen LogP contribution in [0, 0.1) is 0 Å². The Labute approximate surface area is 102 Å². The van der Waals surface area contributed by atoms with Gasteiger partial charge >= 0.3 is 0 Å². The Hall–Kier alpha value is -0.270. The Bertz CT molecular complexity index is 199. The summed E-state index contributed by atoms with van der Waals surface area (Å²) in [6.45, 7) is 5.02. The van der Waals surface area contributed by atoms with Gasteiger partial charge in [-0.3, -0.25) is 0 Å². The van der Waals surface area contributed by atoms with E-state index >= 15 is 0 Å². The molecule has 0 fully saturated rings. The Morgan fingerprint density at radius 3 is 2.71 bits per heavy atom. The summed E-state index contributed by atoms with van der Waals surface area (Å²) in [7, 11) is 0. The molecule has 1 heterocycles. The lowest BCUT2D eigenvalue weighted by Crippen LogP contribution is -2.26. The highest BCUT2D eigenvalue weighted by Gasteiger charge is 2.10. The van der Waals surface area contributed by atoms with Crippen LogP contribution in [0.2, 0.25) is 0 Å². The number of nitrogens with zero attached hydrogens (tertiary/aromatic N) is 2. The van der Waals surface area contributed by atoms with Crippen LogP contribution in [-0.4, -0.2) is 45.9 Å². The summed E-state index contributed by atoms with van der Waals surface area (Å²) in [5, 5.41) is 17.7. The molecule has 1 unspecified atom stereocenters. The van der Waals surface area contributed by atoms with Crippen LogP contribution in [0.15, 0.2) is 25.2 Å². The van der Waals surface area contributed by atoms with E-state index in [2.05, 4.69) is 11.5 Å². The molecule has 0 radical (unpaired) electrons. The minimum atomic E-state index is -0.605. The summed E-state index contributed by atoms with van der Waals surface area (Å²) in [5.41, 5.74) is 0. The first kappa shape index (κ1) is 13.7. The molecule has 0 amide bonds. The predicted molar refractivity (Wildman–Crippen MR) is 65.9 cm³/mol. The third-order valence-electron chi connectivity index (χ3n) is 2.01. The summed E-state index contributed by atoms with van der Waals surface area (Å²) in [6, 6.07) is 0. The molecule has 1 rings (SSSR count). The van der Waals surface area contributed by atoms with E-state index < -0.39 is 6.10 Å². The Morgan fingerprint density at radius 1 is 1.50 bits per heavy atom. The van der Waals surface area contributed by atoms with Crippen LogP contribution in [0.1, 0.15) is 6.42 Å². The number of rotatable bonds is 5. The van der Waals surface area contributed by atoms with Crippen molar-refractivity contribution >= 4 is 24.0 Å². The van der Waals surface area contributed by atoms with Gasteiger partial charge in [0.25, 0.3) is 0 Å². The average Bonchev–Trinajstić information content (AvgIpc) is 2.61. The minimum absolute atomic E-state index is 0. The Morgan fingerprint density at radius 2 is 2.21 bits per heavy atom. The fourth-order valence-corrected chi connectivity index (χ4v) is 1.15. The van der Waals surface area contributed by atoms with Gasteiger partial charge in [-0.05, 0) is 12.6 Å². The van der Waals surface area contributed by atoms with E-state index in [-0.39, 0.29) is 30.6 Å². The maximum atomic E-state index is 9.11. The fourth-order valence-electron chi connectivity index (χ4n) is 1.15. The van der Waals surface area contributed by atoms with Gasteiger partial charge in [0.15, 0.2) is 0 Å². The number of aliphatic hydroxyl groups excluding tert-OH is 2. The molecule has 2 N–H and O–H groups in total. The molecule has 4 nitrogen and oxygen atoms in total. The molecular formula is C9H17IN2O2. The standard InChI is InChI=1S/C9H16N2O2.HI/c1-2-10-5-6-11(8-10)4-3-9(13)7-12;/h2,5-6,9,12-13H,1,3-4,7-8H2;1H. The maximum absolute atomic E-state index is 9.11. The van der Waals surface area contributed by atoms with Crippen LogP contribution < -0.4 is 0 Å². The second-order valence-corrected chi connectivity index (χ2v) is 3.07. The SMILES string of the molecule is C=CN1C=CN(CCC(O)CO)C1.I. The van der Waals surface area contributed by atoms with E-state index in [0.29, 0.717) is 6.42 Å². The van der Waals surface area contributed by atoms with Crippen LogP contribution in [-0.2, 0) is 0 Å². The molecule has 0 aromatic heterocycles. The van der Waals surface area contributed by atoms with Crippen LogP contribution in [0.3, 0.4) is 0 Å². The van der Waals surface area contributed by atoms with Crippen LogP contribution >= 0.6 is 24.0 Å². The maximum Gasteiger partial charge on any atom is 0.0935 e. The summed E-state index contributed by atoms with van der Waals surface area (Å²) in [4.78, 5) is 4.01. The predicted octanol–water partition coefficient (Wildman–Crippen LogP) is 0.537. The lowest BCUT2D eigenvalue weighted by molar-refractivity contribution is 0.0807. The summed E-state index contributed by atoms with van der Waals surface area (Å²) in [5.74, 6) is 0. The van der Waals surface area contributed by atoms with Crippen molar-refractivity contribution in [2.24, 2.45) is 0 Å². The summed E-state index contributed by atoms with van der Waals surface area (Å²) < 4.78 is 0. The molecular weight excluding hydrogens is 295 g/mol. The fraction of sp³-hybridized carbons (Fsp3) is 0.556. The normalized spacial score (nSPS) is 16.7. The largest absolute Gasteiger partial charge is 0.394 e. The van der Waals surface area contributed by atoms with Gasteiger partial charge in [0.1, 0.15) is 0 Å². The van der Waals surface area contributed by atoms with Crippen LogP contribution in [0.4, 0.5) is 0 Å². The van der Waals surface area contributed by atoms with Crippen molar-refractivity contribution in [2.45, 2.75) is 12.5 Å². The van der Waals surface area contributed by atoms with Crippen molar-refractivity contribution in [3.8, 4) is 0 Å². The monoisotopic (exact) mass is 312 g/mol. The zero-order valence-electron chi connectivity index (χ0n) is 8.04. The lowest BCUT2D eigenvalue weighted by atomic mass is 10.2. The third-order valence-corrected chi connectivity index (χ3v) is 2.01. The van der Waals surface area contributed by atoms with E-state index in [1.54, 1.807) is 6.20 Å². The zero-order chi connectivity index (χ0) is 9.68. The van der Waals surface area contributed by atoms with Crippen molar-refractivity contribution in [1.82, 2.24) is 9.80 Å². The highest BCUT2D eigenvalue weighted by Crippen LogP contribution is 2.07. The summed E-state index contributed by atoms with van der Waals surface area (Å²) in [6.07, 6.45) is 5.61. The molecule has 0 spiro atoms. The molecule has 1 aliphatic rings. The molecule has 5 heteroatoms. The zero-order valence-corrected chi connectivity index (χ0v) is 10.4. The molecule has 0 saturated carbocycles. The van der Waals surface area contributed by atoms with Gasteiger partial charge in [0.05, 0.1) is 19.4 Å². The van der Waals surface area contributed by atoms with E-state index in [9.17, 15) is 0 Å². The van der Waals surface area contributed by atoms with Gasteiger partial charge in [0, 0.05) is 18.9 Å². The minimum Gasteiger partial charge on any atom is -0.394 e. The Kier molecular flexibility index (Phi) is 6.94. The highest BCUT2D eigenvalue weighted by atomic mass is 127. The van der Waals surface area contributed by atoms with Gasteiger partial charge in [-0.15, -0.1) is 24.0 Å². The summed E-state index contributed by atoms with van der Waals surface area (Å²) >= 11 is 0. The van der Waals surface area contributed by atoms with Crippen molar-refractivity contribution < 1.29 is 10.2 Å². The van der Waals surface area contributed by atoms with E-state index in [1.165, 1.54) is 0 Å². The van der Waals surface area contributed by atoms with Crippen molar-refractivity contribution in [2.75, 3.05) is 19.8 Å². The van der Waals surface area contributed by atoms with Gasteiger partial charge in [-0.2, -0.15) is 0 Å². The molecule has 82 valence electrons. The molecule has 0 aliphatic carbocycles. The second-order valence-electron chi connectivity index (χ2n) is 3.07. The average molecular weight is 312 g/mol. The molecule has 14 heavy (non-hydrogen) atoms. The molecule has 0 aromatic carbocycles. The second kappa shape index (κ2) is 7.08.